The minimum absolute atomic E-state index is 0.0333. The molecule has 1 saturated heterocycles. The van der Waals surface area contributed by atoms with Gasteiger partial charge in [-0.2, -0.15) is 5.10 Å². The molecule has 3 heterocycles. The second kappa shape index (κ2) is 7.36. The average Bonchev–Trinajstić information content (AvgIpc) is 3.19. The third-order valence-corrected chi connectivity index (χ3v) is 6.56. The average molecular weight is 428 g/mol. The molecule has 1 fully saturated rings. The number of ether oxygens (including phenoxy) is 2. The molecule has 1 atom stereocenters. The second-order valence-corrected chi connectivity index (χ2v) is 8.67. The molecule has 158 valence electrons. The van der Waals surface area contributed by atoms with Crippen molar-refractivity contribution < 1.29 is 14.6 Å². The van der Waals surface area contributed by atoms with Gasteiger partial charge in [0.15, 0.2) is 11.5 Å². The molecule has 0 unspecified atom stereocenters. The van der Waals surface area contributed by atoms with Crippen molar-refractivity contribution in [2.24, 2.45) is 5.10 Å². The van der Waals surface area contributed by atoms with E-state index in [4.69, 9.17) is 26.2 Å². The van der Waals surface area contributed by atoms with Gasteiger partial charge in [-0.05, 0) is 38.2 Å². The number of phenols is 1. The predicted octanol–water partition coefficient (Wildman–Crippen LogP) is 4.41. The van der Waals surface area contributed by atoms with E-state index < -0.39 is 5.72 Å². The summed E-state index contributed by atoms with van der Waals surface area (Å²) in [5.41, 5.74) is 2.07. The van der Waals surface area contributed by atoms with E-state index in [0.29, 0.717) is 23.6 Å². The van der Waals surface area contributed by atoms with E-state index in [1.807, 2.05) is 19.1 Å². The summed E-state index contributed by atoms with van der Waals surface area (Å²) in [5.74, 6) is 1.81. The lowest BCUT2D eigenvalue weighted by Gasteiger charge is -2.51. The maximum atomic E-state index is 10.5. The van der Waals surface area contributed by atoms with Gasteiger partial charge >= 0.3 is 0 Å². The Hall–Kier alpha value is -2.44. The van der Waals surface area contributed by atoms with E-state index in [0.717, 1.165) is 48.7 Å². The SMILES string of the molecule is CCOc1cccc2c1OC1(CCN(C)CC1)N1N=C(c3cc(Cl)ccc3O)C[C@@H]21. The molecule has 0 aromatic heterocycles. The van der Waals surface area contributed by atoms with Gasteiger partial charge in [-0.15, -0.1) is 0 Å². The number of hydrogen-bond acceptors (Lipinski definition) is 6. The largest absolute Gasteiger partial charge is 0.507 e. The van der Waals surface area contributed by atoms with E-state index in [2.05, 4.69) is 23.0 Å². The lowest BCUT2D eigenvalue weighted by atomic mass is 9.90. The molecule has 2 aromatic carbocycles. The fourth-order valence-electron chi connectivity index (χ4n) is 4.74. The summed E-state index contributed by atoms with van der Waals surface area (Å²) in [6, 6.07) is 11.2. The Balaban J connectivity index is 1.61. The summed E-state index contributed by atoms with van der Waals surface area (Å²) in [6.07, 6.45) is 2.37. The van der Waals surface area contributed by atoms with Crippen LogP contribution in [0.2, 0.25) is 5.02 Å². The molecule has 3 aliphatic heterocycles. The van der Waals surface area contributed by atoms with E-state index in [-0.39, 0.29) is 11.8 Å². The third kappa shape index (κ3) is 3.10. The Morgan fingerprint density at radius 3 is 2.83 bits per heavy atom. The van der Waals surface area contributed by atoms with Gasteiger partial charge in [0.25, 0.3) is 0 Å². The summed E-state index contributed by atoms with van der Waals surface area (Å²) >= 11 is 6.22. The normalized spacial score (nSPS) is 22.3. The summed E-state index contributed by atoms with van der Waals surface area (Å²) in [5, 5.41) is 18.2. The Morgan fingerprint density at radius 1 is 1.27 bits per heavy atom. The van der Waals surface area contributed by atoms with Gasteiger partial charge in [0, 0.05) is 48.5 Å². The van der Waals surface area contributed by atoms with Crippen LogP contribution in [0.3, 0.4) is 0 Å². The summed E-state index contributed by atoms with van der Waals surface area (Å²) in [4.78, 5) is 2.32. The first kappa shape index (κ1) is 19.5. The number of aromatic hydroxyl groups is 1. The molecule has 7 heteroatoms. The Kier molecular flexibility index (Phi) is 4.79. The highest BCUT2D eigenvalue weighted by Gasteiger charge is 2.52. The van der Waals surface area contributed by atoms with Gasteiger partial charge in [-0.25, -0.2) is 5.01 Å². The zero-order valence-electron chi connectivity index (χ0n) is 17.3. The summed E-state index contributed by atoms with van der Waals surface area (Å²) in [6.45, 7) is 4.44. The molecule has 0 aliphatic carbocycles. The highest BCUT2D eigenvalue weighted by atomic mass is 35.5. The third-order valence-electron chi connectivity index (χ3n) is 6.33. The van der Waals surface area contributed by atoms with Crippen LogP contribution in [0.1, 0.15) is 43.4 Å². The maximum Gasteiger partial charge on any atom is 0.200 e. The van der Waals surface area contributed by atoms with E-state index in [1.54, 1.807) is 18.2 Å². The highest BCUT2D eigenvalue weighted by molar-refractivity contribution is 6.31. The molecule has 0 bridgehead atoms. The number of hydrogen-bond donors (Lipinski definition) is 1. The van der Waals surface area contributed by atoms with Crippen molar-refractivity contribution in [1.29, 1.82) is 0 Å². The van der Waals surface area contributed by atoms with Crippen molar-refractivity contribution in [3.05, 3.63) is 52.5 Å². The van der Waals surface area contributed by atoms with Gasteiger partial charge in [0.1, 0.15) is 5.75 Å². The van der Waals surface area contributed by atoms with Gasteiger partial charge in [0.2, 0.25) is 5.72 Å². The van der Waals surface area contributed by atoms with E-state index in [9.17, 15) is 5.11 Å². The number of rotatable bonds is 3. The highest BCUT2D eigenvalue weighted by Crippen LogP contribution is 2.53. The molecule has 0 amide bonds. The Labute approximate surface area is 181 Å². The van der Waals surface area contributed by atoms with E-state index >= 15 is 0 Å². The smallest absolute Gasteiger partial charge is 0.200 e. The number of phenolic OH excluding ortho intramolecular Hbond substituents is 1. The monoisotopic (exact) mass is 427 g/mol. The number of likely N-dealkylation sites (tertiary alicyclic amines) is 1. The molecule has 0 radical (unpaired) electrons. The zero-order valence-corrected chi connectivity index (χ0v) is 18.0. The minimum atomic E-state index is -0.521. The number of fused-ring (bicyclic) bond motifs is 4. The lowest BCUT2D eigenvalue weighted by Crippen LogP contribution is -2.58. The molecular formula is C23H26ClN3O3. The second-order valence-electron chi connectivity index (χ2n) is 8.23. The van der Waals surface area contributed by atoms with Crippen LogP contribution in [0.25, 0.3) is 0 Å². The minimum Gasteiger partial charge on any atom is -0.507 e. The Bertz CT molecular complexity index is 1000. The first-order chi connectivity index (χ1) is 14.5. The fourth-order valence-corrected chi connectivity index (χ4v) is 4.91. The van der Waals surface area contributed by atoms with Crippen LogP contribution in [0.15, 0.2) is 41.5 Å². The molecule has 6 nitrogen and oxygen atoms in total. The Morgan fingerprint density at radius 2 is 2.07 bits per heavy atom. The first-order valence-corrected chi connectivity index (χ1v) is 10.9. The predicted molar refractivity (Wildman–Crippen MR) is 117 cm³/mol. The number of benzene rings is 2. The number of halogens is 1. The van der Waals surface area contributed by atoms with Gasteiger partial charge in [-0.3, -0.25) is 0 Å². The van der Waals surface area contributed by atoms with Crippen molar-refractivity contribution in [3.8, 4) is 17.2 Å². The van der Waals surface area contributed by atoms with Crippen LogP contribution >= 0.6 is 11.6 Å². The molecule has 0 saturated carbocycles. The van der Waals surface area contributed by atoms with Crippen LogP contribution in [-0.2, 0) is 0 Å². The van der Waals surface area contributed by atoms with Crippen molar-refractivity contribution in [3.63, 3.8) is 0 Å². The maximum absolute atomic E-state index is 10.5. The van der Waals surface area contributed by atoms with Crippen LogP contribution in [0.5, 0.6) is 17.2 Å². The van der Waals surface area contributed by atoms with Crippen molar-refractivity contribution in [2.75, 3.05) is 26.7 Å². The number of para-hydroxylation sites is 1. The molecule has 2 aromatic rings. The van der Waals surface area contributed by atoms with Crippen LogP contribution in [-0.4, -0.2) is 53.2 Å². The van der Waals surface area contributed by atoms with Gasteiger partial charge < -0.3 is 19.5 Å². The number of nitrogens with zero attached hydrogens (tertiary/aromatic N) is 3. The van der Waals surface area contributed by atoms with Gasteiger partial charge in [-0.1, -0.05) is 23.7 Å². The van der Waals surface area contributed by atoms with Crippen molar-refractivity contribution in [2.45, 2.75) is 38.0 Å². The van der Waals surface area contributed by atoms with Crippen LogP contribution in [0, 0.1) is 0 Å². The van der Waals surface area contributed by atoms with Crippen LogP contribution in [0.4, 0.5) is 0 Å². The number of piperidine rings is 1. The number of hydrazone groups is 1. The molecule has 30 heavy (non-hydrogen) atoms. The quantitative estimate of drug-likeness (QED) is 0.786. The molecule has 5 rings (SSSR count). The molecular weight excluding hydrogens is 402 g/mol. The van der Waals surface area contributed by atoms with E-state index in [1.165, 1.54) is 0 Å². The molecule has 1 N–H and O–H groups in total. The fraction of sp³-hybridized carbons (Fsp3) is 0.435. The van der Waals surface area contributed by atoms with Gasteiger partial charge in [0.05, 0.1) is 18.4 Å². The summed E-state index contributed by atoms with van der Waals surface area (Å²) in [7, 11) is 2.13. The molecule has 1 spiro atoms. The molecule has 3 aliphatic rings. The topological polar surface area (TPSA) is 57.5 Å². The lowest BCUT2D eigenvalue weighted by molar-refractivity contribution is -0.148. The zero-order chi connectivity index (χ0) is 20.9. The van der Waals surface area contributed by atoms with Crippen molar-refractivity contribution in [1.82, 2.24) is 9.91 Å². The first-order valence-electron chi connectivity index (χ1n) is 10.5. The van der Waals surface area contributed by atoms with Crippen LogP contribution < -0.4 is 9.47 Å². The standard InChI is InChI=1S/C23H26ClN3O3/c1-3-29-21-6-4-5-16-19-14-18(17-13-15(24)7-8-20(17)28)25-27(19)23(30-22(16)21)9-11-26(2)12-10-23/h4-8,13,19,28H,3,9-12,14H2,1-2H3/t19-/m0/s1. The summed E-state index contributed by atoms with van der Waals surface area (Å²) < 4.78 is 12.6. The van der Waals surface area contributed by atoms with Crippen molar-refractivity contribution >= 4 is 17.3 Å².